The Bertz CT molecular complexity index is 1210. The summed E-state index contributed by atoms with van der Waals surface area (Å²) < 4.78 is 23.6. The summed E-state index contributed by atoms with van der Waals surface area (Å²) in [6.45, 7) is 8.29. The smallest absolute Gasteiger partial charge is 0.338 e. The summed E-state index contributed by atoms with van der Waals surface area (Å²) in [5.41, 5.74) is -2.34. The molecular formula is C31H40O10. The topological polar surface area (TPSA) is 146 Å². The minimum absolute atomic E-state index is 0.0221. The maximum atomic E-state index is 14.7. The van der Waals surface area contributed by atoms with Crippen molar-refractivity contribution in [1.82, 2.24) is 0 Å². The molecule has 1 aromatic carbocycles. The number of hydrogen-bond acceptors (Lipinski definition) is 10. The molecule has 0 aromatic heterocycles. The number of Topliss-reactive ketones (excluding diaryl/α,β-unsaturated/α-hetero) is 1. The predicted molar refractivity (Wildman–Crippen MR) is 145 cm³/mol. The summed E-state index contributed by atoms with van der Waals surface area (Å²) in [6, 6.07) is 8.48. The third-order valence-electron chi connectivity index (χ3n) is 9.19. The van der Waals surface area contributed by atoms with Crippen LogP contribution >= 0.6 is 0 Å². The highest BCUT2D eigenvalue weighted by Gasteiger charge is 2.71. The second-order valence-electron chi connectivity index (χ2n) is 12.3. The Kier molecular flexibility index (Phi) is 8.78. The van der Waals surface area contributed by atoms with Crippen molar-refractivity contribution >= 4 is 24.2 Å². The number of carbonyl (C=O) groups is 4. The maximum Gasteiger partial charge on any atom is 0.338 e. The van der Waals surface area contributed by atoms with Crippen molar-refractivity contribution in [1.29, 1.82) is 0 Å². The first-order valence-electron chi connectivity index (χ1n) is 14.0. The first-order valence-corrected chi connectivity index (χ1v) is 14.0. The van der Waals surface area contributed by atoms with E-state index in [1.807, 2.05) is 13.8 Å². The summed E-state index contributed by atoms with van der Waals surface area (Å²) in [7, 11) is 0. The van der Waals surface area contributed by atoms with Crippen LogP contribution in [-0.2, 0) is 33.3 Å². The molecule has 2 aliphatic carbocycles. The molecule has 2 saturated carbocycles. The van der Waals surface area contributed by atoms with Crippen LogP contribution < -0.4 is 0 Å². The Morgan fingerprint density at radius 3 is 2.41 bits per heavy atom. The van der Waals surface area contributed by atoms with Crippen LogP contribution in [0.5, 0.6) is 0 Å². The maximum absolute atomic E-state index is 14.7. The standard InChI is InChI=1S/C31H40O10/c1-18(21(35)12-14-32)24-25(39-17-33)27(36)30(5)13-11-23-31(16-38-23,41-19(2)34)26(30)22(15-29(24,3)4)40-28(37)20-9-7-6-8-10-20/h6-10,17,21-23,25-26,32,35H,11-16H2,1-5H3/b24-18-/t21-,22+,23+,25+,26-,30+,31-/m0/s1. The highest BCUT2D eigenvalue weighted by atomic mass is 16.6. The van der Waals surface area contributed by atoms with Crippen molar-refractivity contribution in [3.05, 3.63) is 47.0 Å². The number of aliphatic hydroxyl groups is 2. The summed E-state index contributed by atoms with van der Waals surface area (Å²) in [4.78, 5) is 52.4. The number of aliphatic hydroxyl groups excluding tert-OH is 2. The number of fused-ring (bicyclic) bond motifs is 3. The molecule has 7 atom stereocenters. The molecular weight excluding hydrogens is 532 g/mol. The first-order chi connectivity index (χ1) is 19.3. The van der Waals surface area contributed by atoms with E-state index in [0.29, 0.717) is 29.6 Å². The molecule has 3 aliphatic rings. The van der Waals surface area contributed by atoms with E-state index in [0.717, 1.165) is 0 Å². The van der Waals surface area contributed by atoms with E-state index in [4.69, 9.17) is 18.9 Å². The van der Waals surface area contributed by atoms with Crippen LogP contribution in [0.25, 0.3) is 0 Å². The van der Waals surface area contributed by atoms with Gasteiger partial charge < -0.3 is 29.2 Å². The normalized spacial score (nSPS) is 34.4. The highest BCUT2D eigenvalue weighted by Crippen LogP contribution is 2.60. The Hall–Kier alpha value is -3.08. The SMILES string of the molecule is CC(=O)O[C@@]12CO[C@@H]1CC[C@@]1(C)C(=O)[C@H](OC=O)/C(=C(\C)[C@@H](O)CCO)C(C)(C)C[C@@H](OC(=O)c3ccccc3)[C@H]21. The molecule has 41 heavy (non-hydrogen) atoms. The van der Waals surface area contributed by atoms with Gasteiger partial charge in [-0.3, -0.25) is 14.4 Å². The zero-order valence-corrected chi connectivity index (χ0v) is 24.3. The molecule has 0 radical (unpaired) electrons. The van der Waals surface area contributed by atoms with Gasteiger partial charge in [0.15, 0.2) is 17.5 Å². The number of benzene rings is 1. The van der Waals surface area contributed by atoms with Gasteiger partial charge in [0, 0.05) is 25.4 Å². The van der Waals surface area contributed by atoms with Gasteiger partial charge in [0.25, 0.3) is 6.47 Å². The Morgan fingerprint density at radius 1 is 1.17 bits per heavy atom. The number of esters is 2. The molecule has 0 bridgehead atoms. The van der Waals surface area contributed by atoms with Crippen molar-refractivity contribution < 1.29 is 48.3 Å². The third-order valence-corrected chi connectivity index (χ3v) is 9.19. The molecule has 10 heteroatoms. The van der Waals surface area contributed by atoms with Crippen molar-refractivity contribution in [2.45, 2.75) is 90.3 Å². The van der Waals surface area contributed by atoms with E-state index < -0.39 is 64.5 Å². The van der Waals surface area contributed by atoms with Crippen LogP contribution in [-0.4, -0.2) is 77.6 Å². The molecule has 10 nitrogen and oxygen atoms in total. The second-order valence-corrected chi connectivity index (χ2v) is 12.3. The Labute approximate surface area is 240 Å². The lowest BCUT2D eigenvalue weighted by Gasteiger charge is -2.63. The van der Waals surface area contributed by atoms with E-state index >= 15 is 0 Å². The van der Waals surface area contributed by atoms with Crippen LogP contribution in [0.4, 0.5) is 0 Å². The molecule has 0 spiro atoms. The largest absolute Gasteiger partial charge is 0.458 e. The lowest BCUT2D eigenvalue weighted by Crippen LogP contribution is -2.75. The number of ketones is 1. The van der Waals surface area contributed by atoms with Gasteiger partial charge in [0.05, 0.1) is 24.2 Å². The van der Waals surface area contributed by atoms with Crippen molar-refractivity contribution in [3.8, 4) is 0 Å². The molecule has 0 amide bonds. The van der Waals surface area contributed by atoms with E-state index in [2.05, 4.69) is 0 Å². The van der Waals surface area contributed by atoms with Crippen LogP contribution in [0, 0.1) is 16.7 Å². The number of rotatable bonds is 8. The Morgan fingerprint density at radius 2 is 1.85 bits per heavy atom. The van der Waals surface area contributed by atoms with Gasteiger partial charge in [-0.2, -0.15) is 0 Å². The monoisotopic (exact) mass is 572 g/mol. The fraction of sp³-hybridized carbons (Fsp3) is 0.613. The second kappa shape index (κ2) is 11.7. The molecule has 224 valence electrons. The molecule has 1 aliphatic heterocycles. The fourth-order valence-electron chi connectivity index (χ4n) is 7.39. The van der Waals surface area contributed by atoms with E-state index in [-0.39, 0.29) is 32.5 Å². The minimum Gasteiger partial charge on any atom is -0.458 e. The van der Waals surface area contributed by atoms with E-state index in [1.54, 1.807) is 44.2 Å². The van der Waals surface area contributed by atoms with Gasteiger partial charge in [-0.05, 0) is 54.9 Å². The number of carbonyl (C=O) groups excluding carboxylic acids is 4. The number of ether oxygens (including phenoxy) is 4. The van der Waals surface area contributed by atoms with Gasteiger partial charge in [0.1, 0.15) is 12.2 Å². The lowest BCUT2D eigenvalue weighted by molar-refractivity contribution is -0.316. The summed E-state index contributed by atoms with van der Waals surface area (Å²) in [5, 5.41) is 20.4. The van der Waals surface area contributed by atoms with Crippen LogP contribution in [0.3, 0.4) is 0 Å². The van der Waals surface area contributed by atoms with Crippen molar-refractivity contribution in [2.75, 3.05) is 13.2 Å². The van der Waals surface area contributed by atoms with Crippen LogP contribution in [0.2, 0.25) is 0 Å². The Balaban J connectivity index is 1.94. The zero-order chi connectivity index (χ0) is 30.2. The number of hydrogen-bond donors (Lipinski definition) is 2. The molecule has 1 aromatic rings. The fourth-order valence-corrected chi connectivity index (χ4v) is 7.39. The quantitative estimate of drug-likeness (QED) is 0.206. The van der Waals surface area contributed by atoms with E-state index in [9.17, 15) is 29.4 Å². The molecule has 2 N–H and O–H groups in total. The molecule has 0 unspecified atom stereocenters. The van der Waals surface area contributed by atoms with Crippen LogP contribution in [0.15, 0.2) is 41.5 Å². The highest BCUT2D eigenvalue weighted by molar-refractivity contribution is 5.94. The summed E-state index contributed by atoms with van der Waals surface area (Å²) in [5.74, 6) is -2.39. The van der Waals surface area contributed by atoms with Crippen molar-refractivity contribution in [3.63, 3.8) is 0 Å². The van der Waals surface area contributed by atoms with Crippen molar-refractivity contribution in [2.24, 2.45) is 16.7 Å². The lowest BCUT2D eigenvalue weighted by atomic mass is 9.50. The van der Waals surface area contributed by atoms with Gasteiger partial charge in [-0.1, -0.05) is 39.0 Å². The van der Waals surface area contributed by atoms with Gasteiger partial charge in [-0.15, -0.1) is 0 Å². The van der Waals surface area contributed by atoms with E-state index in [1.165, 1.54) is 6.92 Å². The van der Waals surface area contributed by atoms with Crippen LogP contribution in [0.1, 0.15) is 70.7 Å². The average Bonchev–Trinajstić information content (AvgIpc) is 2.90. The molecule has 1 heterocycles. The predicted octanol–water partition coefficient (Wildman–Crippen LogP) is 2.93. The van der Waals surface area contributed by atoms with Gasteiger partial charge in [0.2, 0.25) is 0 Å². The van der Waals surface area contributed by atoms with Gasteiger partial charge in [-0.25, -0.2) is 4.79 Å². The molecule has 1 saturated heterocycles. The average molecular weight is 573 g/mol. The molecule has 4 rings (SSSR count). The first kappa shape index (κ1) is 30.9. The summed E-state index contributed by atoms with van der Waals surface area (Å²) >= 11 is 0. The molecule has 3 fully saturated rings. The minimum atomic E-state index is -1.35. The summed E-state index contributed by atoms with van der Waals surface area (Å²) in [6.07, 6.45) is -2.99. The third kappa shape index (κ3) is 5.45. The van der Waals surface area contributed by atoms with Gasteiger partial charge >= 0.3 is 11.9 Å². The zero-order valence-electron chi connectivity index (χ0n) is 24.3.